The first-order chi connectivity index (χ1) is 7.61. The second-order valence-electron chi connectivity index (χ2n) is 4.52. The van der Waals surface area contributed by atoms with E-state index in [0.29, 0.717) is 5.92 Å². The predicted molar refractivity (Wildman–Crippen MR) is 69.0 cm³/mol. The maximum absolute atomic E-state index is 6.04. The topological polar surface area (TPSA) is 17.8 Å². The third-order valence-electron chi connectivity index (χ3n) is 2.65. The number of hydrogen-bond donors (Lipinski definition) is 0. The van der Waals surface area contributed by atoms with Gasteiger partial charge in [-0.05, 0) is 24.1 Å². The normalized spacial score (nSPS) is 11.6. The fourth-order valence-corrected chi connectivity index (χ4v) is 2.15. The molecule has 0 spiro atoms. The molecular weight excluding hydrogens is 220 g/mol. The molecule has 2 aromatic rings. The zero-order valence-electron chi connectivity index (χ0n) is 10.00. The first kappa shape index (κ1) is 11.5. The van der Waals surface area contributed by atoms with E-state index in [0.717, 1.165) is 34.8 Å². The summed E-state index contributed by atoms with van der Waals surface area (Å²) in [5, 5.41) is 0.778. The molecule has 0 fully saturated rings. The van der Waals surface area contributed by atoms with Gasteiger partial charge in [0.25, 0.3) is 0 Å². The second-order valence-corrected chi connectivity index (χ2v) is 4.96. The Balaban J connectivity index is 2.60. The zero-order chi connectivity index (χ0) is 11.7. The summed E-state index contributed by atoms with van der Waals surface area (Å²) in [6.07, 6.45) is 0.957. The smallest absolute Gasteiger partial charge is 0.109 e. The Bertz CT molecular complexity index is 500. The lowest BCUT2D eigenvalue weighted by molar-refractivity contribution is 0.518. The van der Waals surface area contributed by atoms with Crippen LogP contribution >= 0.6 is 11.6 Å². The Morgan fingerprint density at radius 1 is 1.38 bits per heavy atom. The fraction of sp³-hybridized carbons (Fsp3) is 0.462. The number of nitrogens with zero attached hydrogens (tertiary/aromatic N) is 2. The number of halogens is 1. The van der Waals surface area contributed by atoms with Crippen LogP contribution in [0.3, 0.4) is 0 Å². The Morgan fingerprint density at radius 2 is 2.12 bits per heavy atom. The van der Waals surface area contributed by atoms with Crippen molar-refractivity contribution in [1.82, 2.24) is 9.55 Å². The molecule has 0 bridgehead atoms. The van der Waals surface area contributed by atoms with Crippen molar-refractivity contribution < 1.29 is 0 Å². The first-order valence-electron chi connectivity index (χ1n) is 5.76. The van der Waals surface area contributed by atoms with Crippen molar-refractivity contribution in [3.8, 4) is 0 Å². The van der Waals surface area contributed by atoms with E-state index in [1.807, 2.05) is 18.2 Å². The minimum atomic E-state index is 0.613. The van der Waals surface area contributed by atoms with E-state index in [1.54, 1.807) is 0 Å². The summed E-state index contributed by atoms with van der Waals surface area (Å²) < 4.78 is 2.28. The van der Waals surface area contributed by atoms with Gasteiger partial charge in [-0.1, -0.05) is 32.4 Å². The molecule has 1 aromatic heterocycles. The molecule has 0 aliphatic rings. The van der Waals surface area contributed by atoms with Gasteiger partial charge in [0.2, 0.25) is 0 Å². The van der Waals surface area contributed by atoms with Gasteiger partial charge in [-0.15, -0.1) is 0 Å². The largest absolute Gasteiger partial charge is 0.328 e. The third-order valence-corrected chi connectivity index (χ3v) is 2.89. The summed E-state index contributed by atoms with van der Waals surface area (Å²) in [5.74, 6) is 1.76. The van der Waals surface area contributed by atoms with Gasteiger partial charge < -0.3 is 4.57 Å². The van der Waals surface area contributed by atoms with Gasteiger partial charge in [-0.2, -0.15) is 0 Å². The van der Waals surface area contributed by atoms with Gasteiger partial charge in [0.1, 0.15) is 5.82 Å². The molecule has 86 valence electrons. The van der Waals surface area contributed by atoms with Gasteiger partial charge in [-0.3, -0.25) is 0 Å². The van der Waals surface area contributed by atoms with Gasteiger partial charge in [-0.25, -0.2) is 4.98 Å². The first-order valence-corrected chi connectivity index (χ1v) is 6.14. The zero-order valence-corrected chi connectivity index (χ0v) is 10.8. The van der Waals surface area contributed by atoms with Crippen LogP contribution in [0.4, 0.5) is 0 Å². The molecule has 1 aromatic carbocycles. The Labute approximate surface area is 101 Å². The Hall–Kier alpha value is -1.02. The van der Waals surface area contributed by atoms with Crippen LogP contribution in [0.2, 0.25) is 5.02 Å². The van der Waals surface area contributed by atoms with Crippen LogP contribution in [-0.4, -0.2) is 9.55 Å². The molecule has 1 heterocycles. The second kappa shape index (κ2) is 4.46. The standard InChI is InChI=1S/C13H17ClN2/c1-4-13-15-11-6-5-10(14)7-12(11)16(13)8-9(2)3/h5-7,9H,4,8H2,1-3H3. The molecule has 0 saturated heterocycles. The predicted octanol–water partition coefficient (Wildman–Crippen LogP) is 3.91. The average molecular weight is 237 g/mol. The van der Waals surface area contributed by atoms with E-state index in [-0.39, 0.29) is 0 Å². The lowest BCUT2D eigenvalue weighted by atomic mass is 10.2. The minimum absolute atomic E-state index is 0.613. The van der Waals surface area contributed by atoms with Crippen LogP contribution in [0, 0.1) is 5.92 Å². The van der Waals surface area contributed by atoms with Gasteiger partial charge in [0.15, 0.2) is 0 Å². The molecule has 0 atom stereocenters. The summed E-state index contributed by atoms with van der Waals surface area (Å²) >= 11 is 6.04. The number of hydrogen-bond acceptors (Lipinski definition) is 1. The lowest BCUT2D eigenvalue weighted by Crippen LogP contribution is -2.07. The van der Waals surface area contributed by atoms with Crippen LogP contribution in [0.15, 0.2) is 18.2 Å². The minimum Gasteiger partial charge on any atom is -0.328 e. The van der Waals surface area contributed by atoms with Crippen molar-refractivity contribution in [2.75, 3.05) is 0 Å². The number of benzene rings is 1. The molecule has 0 aliphatic carbocycles. The van der Waals surface area contributed by atoms with Crippen LogP contribution in [0.25, 0.3) is 11.0 Å². The maximum Gasteiger partial charge on any atom is 0.109 e. The summed E-state index contributed by atoms with van der Waals surface area (Å²) in [6, 6.07) is 5.90. The van der Waals surface area contributed by atoms with Crippen molar-refractivity contribution in [2.45, 2.75) is 33.7 Å². The van der Waals surface area contributed by atoms with E-state index >= 15 is 0 Å². The van der Waals surface area contributed by atoms with E-state index in [1.165, 1.54) is 0 Å². The number of rotatable bonds is 3. The fourth-order valence-electron chi connectivity index (χ4n) is 1.98. The molecule has 0 aliphatic heterocycles. The number of aromatic nitrogens is 2. The summed E-state index contributed by atoms with van der Waals surface area (Å²) in [7, 11) is 0. The highest BCUT2D eigenvalue weighted by Gasteiger charge is 2.10. The third kappa shape index (κ3) is 2.07. The molecule has 16 heavy (non-hydrogen) atoms. The Kier molecular flexibility index (Phi) is 3.20. The van der Waals surface area contributed by atoms with Crippen molar-refractivity contribution in [1.29, 1.82) is 0 Å². The molecule has 3 heteroatoms. The van der Waals surface area contributed by atoms with E-state index in [2.05, 4.69) is 30.3 Å². The highest BCUT2D eigenvalue weighted by molar-refractivity contribution is 6.31. The molecular formula is C13H17ClN2. The van der Waals surface area contributed by atoms with Crippen LogP contribution in [0.5, 0.6) is 0 Å². The summed E-state index contributed by atoms with van der Waals surface area (Å²) in [4.78, 5) is 4.63. The quantitative estimate of drug-likeness (QED) is 0.790. The summed E-state index contributed by atoms with van der Waals surface area (Å²) in [6.45, 7) is 7.57. The highest BCUT2D eigenvalue weighted by atomic mass is 35.5. The van der Waals surface area contributed by atoms with Gasteiger partial charge >= 0.3 is 0 Å². The van der Waals surface area contributed by atoms with Crippen LogP contribution in [0.1, 0.15) is 26.6 Å². The van der Waals surface area contributed by atoms with E-state index in [4.69, 9.17) is 11.6 Å². The molecule has 0 N–H and O–H groups in total. The van der Waals surface area contributed by atoms with Crippen molar-refractivity contribution in [2.24, 2.45) is 5.92 Å². The van der Waals surface area contributed by atoms with E-state index in [9.17, 15) is 0 Å². The number of aryl methyl sites for hydroxylation is 1. The molecule has 2 rings (SSSR count). The van der Waals surface area contributed by atoms with Gasteiger partial charge in [0.05, 0.1) is 11.0 Å². The Morgan fingerprint density at radius 3 is 2.75 bits per heavy atom. The average Bonchev–Trinajstić information content (AvgIpc) is 2.56. The van der Waals surface area contributed by atoms with E-state index < -0.39 is 0 Å². The van der Waals surface area contributed by atoms with Crippen LogP contribution in [-0.2, 0) is 13.0 Å². The van der Waals surface area contributed by atoms with Gasteiger partial charge in [0, 0.05) is 18.0 Å². The van der Waals surface area contributed by atoms with Crippen molar-refractivity contribution in [3.63, 3.8) is 0 Å². The monoisotopic (exact) mass is 236 g/mol. The number of imidazole rings is 1. The molecule has 0 saturated carbocycles. The van der Waals surface area contributed by atoms with Crippen LogP contribution < -0.4 is 0 Å². The lowest BCUT2D eigenvalue weighted by Gasteiger charge is -2.10. The molecule has 0 radical (unpaired) electrons. The maximum atomic E-state index is 6.04. The molecule has 0 amide bonds. The summed E-state index contributed by atoms with van der Waals surface area (Å²) in [5.41, 5.74) is 2.19. The van der Waals surface area contributed by atoms with Crippen molar-refractivity contribution in [3.05, 3.63) is 29.0 Å². The van der Waals surface area contributed by atoms with Crippen molar-refractivity contribution >= 4 is 22.6 Å². The molecule has 0 unspecified atom stereocenters. The molecule has 2 nitrogen and oxygen atoms in total. The highest BCUT2D eigenvalue weighted by Crippen LogP contribution is 2.22. The number of fused-ring (bicyclic) bond motifs is 1. The SMILES string of the molecule is CCc1nc2ccc(Cl)cc2n1CC(C)C.